The molecule has 0 saturated heterocycles. The van der Waals surface area contributed by atoms with Crippen molar-refractivity contribution >= 4 is 28.0 Å². The Morgan fingerprint density at radius 3 is 2.93 bits per heavy atom. The average molecular weight is 240 g/mol. The Balaban J connectivity index is 1.94. The van der Waals surface area contributed by atoms with Gasteiger partial charge in [0, 0.05) is 29.0 Å². The highest BCUT2D eigenvalue weighted by atomic mass is 32.1. The third-order valence-electron chi connectivity index (χ3n) is 1.83. The van der Waals surface area contributed by atoms with Crippen LogP contribution in [0.1, 0.15) is 30.6 Å². The van der Waals surface area contributed by atoms with Crippen molar-refractivity contribution in [2.45, 2.75) is 26.3 Å². The zero-order valence-corrected chi connectivity index (χ0v) is 10.2. The quantitative estimate of drug-likeness (QED) is 0.892. The van der Waals surface area contributed by atoms with Gasteiger partial charge in [-0.3, -0.25) is 0 Å². The Hall–Kier alpha value is -1.01. The van der Waals surface area contributed by atoms with Gasteiger partial charge in [0.1, 0.15) is 10.8 Å². The van der Waals surface area contributed by atoms with E-state index in [0.29, 0.717) is 5.92 Å². The Kier molecular flexibility index (Phi) is 3.27. The van der Waals surface area contributed by atoms with Crippen molar-refractivity contribution in [1.29, 1.82) is 0 Å². The van der Waals surface area contributed by atoms with Gasteiger partial charge in [0.2, 0.25) is 5.13 Å². The van der Waals surface area contributed by atoms with Crippen molar-refractivity contribution in [1.82, 2.24) is 14.3 Å². The summed E-state index contributed by atoms with van der Waals surface area (Å²) >= 11 is 3.04. The number of rotatable bonds is 4. The molecule has 0 amide bonds. The first-order valence-electron chi connectivity index (χ1n) is 4.71. The lowest BCUT2D eigenvalue weighted by atomic mass is 10.2. The molecule has 0 aliphatic carbocycles. The van der Waals surface area contributed by atoms with E-state index in [1.165, 1.54) is 11.5 Å². The summed E-state index contributed by atoms with van der Waals surface area (Å²) in [6.45, 7) is 4.91. The Labute approximate surface area is 96.6 Å². The van der Waals surface area contributed by atoms with Crippen molar-refractivity contribution in [3.8, 4) is 0 Å². The largest absolute Gasteiger partial charge is 0.354 e. The van der Waals surface area contributed by atoms with Crippen molar-refractivity contribution in [2.75, 3.05) is 5.32 Å². The lowest BCUT2D eigenvalue weighted by Gasteiger charge is -1.97. The minimum atomic E-state index is 0.386. The molecule has 2 heterocycles. The summed E-state index contributed by atoms with van der Waals surface area (Å²) in [7, 11) is 0. The molecule has 15 heavy (non-hydrogen) atoms. The van der Waals surface area contributed by atoms with Crippen LogP contribution in [0.2, 0.25) is 0 Å². The van der Waals surface area contributed by atoms with Crippen LogP contribution in [-0.4, -0.2) is 14.3 Å². The molecule has 2 aromatic rings. The maximum atomic E-state index is 4.38. The van der Waals surface area contributed by atoms with E-state index in [-0.39, 0.29) is 0 Å². The van der Waals surface area contributed by atoms with Crippen molar-refractivity contribution < 1.29 is 0 Å². The number of thiazole rings is 1. The molecule has 1 N–H and O–H groups in total. The molecule has 2 aromatic heterocycles. The average Bonchev–Trinajstić information content (AvgIpc) is 2.86. The van der Waals surface area contributed by atoms with Crippen LogP contribution in [0.4, 0.5) is 5.13 Å². The maximum Gasteiger partial charge on any atom is 0.202 e. The zero-order valence-electron chi connectivity index (χ0n) is 8.60. The van der Waals surface area contributed by atoms with E-state index in [0.717, 1.165) is 22.5 Å². The highest BCUT2D eigenvalue weighted by molar-refractivity contribution is 7.10. The first-order chi connectivity index (χ1) is 7.25. The van der Waals surface area contributed by atoms with E-state index in [9.17, 15) is 0 Å². The number of hydrogen-bond donors (Lipinski definition) is 1. The highest BCUT2D eigenvalue weighted by Crippen LogP contribution is 2.18. The van der Waals surface area contributed by atoms with Crippen LogP contribution in [0.5, 0.6) is 0 Å². The second-order valence-electron chi connectivity index (χ2n) is 3.39. The number of nitrogens with zero attached hydrogens (tertiary/aromatic N) is 3. The first-order valence-corrected chi connectivity index (χ1v) is 6.37. The molecular weight excluding hydrogens is 228 g/mol. The van der Waals surface area contributed by atoms with Crippen LogP contribution in [0, 0.1) is 0 Å². The summed E-state index contributed by atoms with van der Waals surface area (Å²) in [6, 6.07) is 0. The van der Waals surface area contributed by atoms with E-state index < -0.39 is 0 Å². The Morgan fingerprint density at radius 2 is 2.33 bits per heavy atom. The standard InChI is InChI=1S/C9H12N4S2/c1-6(2)8-12-9(15-13-8)11-5-7-10-3-4-14-7/h3-4,6H,5H2,1-2H3,(H,11,12,13). The van der Waals surface area contributed by atoms with Gasteiger partial charge in [-0.05, 0) is 0 Å². The van der Waals surface area contributed by atoms with E-state index >= 15 is 0 Å². The Morgan fingerprint density at radius 1 is 1.47 bits per heavy atom. The predicted molar refractivity (Wildman–Crippen MR) is 63.4 cm³/mol. The van der Waals surface area contributed by atoms with Crippen molar-refractivity contribution in [3.63, 3.8) is 0 Å². The molecule has 0 unspecified atom stereocenters. The van der Waals surface area contributed by atoms with Gasteiger partial charge < -0.3 is 5.32 Å². The minimum absolute atomic E-state index is 0.386. The second-order valence-corrected chi connectivity index (χ2v) is 5.12. The van der Waals surface area contributed by atoms with Crippen LogP contribution in [0.3, 0.4) is 0 Å². The van der Waals surface area contributed by atoms with Gasteiger partial charge in [-0.1, -0.05) is 13.8 Å². The van der Waals surface area contributed by atoms with Crippen LogP contribution in [0.15, 0.2) is 11.6 Å². The van der Waals surface area contributed by atoms with Gasteiger partial charge in [-0.2, -0.15) is 4.37 Å². The van der Waals surface area contributed by atoms with E-state index in [1.54, 1.807) is 17.5 Å². The van der Waals surface area contributed by atoms with Crippen LogP contribution in [0.25, 0.3) is 0 Å². The van der Waals surface area contributed by atoms with Gasteiger partial charge in [0.25, 0.3) is 0 Å². The van der Waals surface area contributed by atoms with Gasteiger partial charge in [-0.15, -0.1) is 11.3 Å². The number of anilines is 1. The monoisotopic (exact) mass is 240 g/mol. The molecule has 0 aliphatic rings. The molecule has 0 fully saturated rings. The fourth-order valence-corrected chi connectivity index (χ4v) is 2.29. The molecule has 0 bridgehead atoms. The van der Waals surface area contributed by atoms with Gasteiger partial charge >= 0.3 is 0 Å². The summed E-state index contributed by atoms with van der Waals surface area (Å²) in [5.41, 5.74) is 0. The third kappa shape index (κ3) is 2.73. The van der Waals surface area contributed by atoms with Gasteiger partial charge in [0.15, 0.2) is 0 Å². The van der Waals surface area contributed by atoms with E-state index in [2.05, 4.69) is 33.5 Å². The van der Waals surface area contributed by atoms with E-state index in [1.807, 2.05) is 5.38 Å². The van der Waals surface area contributed by atoms with Crippen molar-refractivity contribution in [2.24, 2.45) is 0 Å². The fraction of sp³-hybridized carbons (Fsp3) is 0.444. The Bertz CT molecular complexity index is 407. The SMILES string of the molecule is CC(C)c1nsc(NCc2nccs2)n1. The lowest BCUT2D eigenvalue weighted by molar-refractivity contribution is 0.799. The minimum Gasteiger partial charge on any atom is -0.354 e. The number of aromatic nitrogens is 3. The fourth-order valence-electron chi connectivity index (χ4n) is 1.03. The van der Waals surface area contributed by atoms with Crippen molar-refractivity contribution in [3.05, 3.63) is 22.4 Å². The maximum absolute atomic E-state index is 4.38. The topological polar surface area (TPSA) is 50.7 Å². The molecular formula is C9H12N4S2. The third-order valence-corrected chi connectivity index (χ3v) is 3.30. The van der Waals surface area contributed by atoms with Gasteiger partial charge in [-0.25, -0.2) is 9.97 Å². The predicted octanol–water partition coefficient (Wildman–Crippen LogP) is 2.73. The molecule has 4 nitrogen and oxygen atoms in total. The van der Waals surface area contributed by atoms with Crippen LogP contribution in [-0.2, 0) is 6.54 Å². The lowest BCUT2D eigenvalue weighted by Crippen LogP contribution is -1.98. The molecule has 0 saturated carbocycles. The number of hydrogen-bond acceptors (Lipinski definition) is 6. The smallest absolute Gasteiger partial charge is 0.202 e. The summed E-state index contributed by atoms with van der Waals surface area (Å²) in [5.74, 6) is 1.29. The molecule has 0 radical (unpaired) electrons. The first kappa shape index (κ1) is 10.5. The highest BCUT2D eigenvalue weighted by Gasteiger charge is 2.07. The molecule has 0 atom stereocenters. The van der Waals surface area contributed by atoms with Gasteiger partial charge in [0.05, 0.1) is 6.54 Å². The summed E-state index contributed by atoms with van der Waals surface area (Å²) in [4.78, 5) is 8.57. The van der Waals surface area contributed by atoms with Crippen LogP contribution < -0.4 is 5.32 Å². The molecule has 0 aromatic carbocycles. The molecule has 0 spiro atoms. The summed E-state index contributed by atoms with van der Waals surface area (Å²) in [5, 5.41) is 7.12. The molecule has 0 aliphatic heterocycles. The molecule has 2 rings (SSSR count). The van der Waals surface area contributed by atoms with E-state index in [4.69, 9.17) is 0 Å². The zero-order chi connectivity index (χ0) is 10.7. The number of nitrogens with one attached hydrogen (secondary N) is 1. The molecule has 80 valence electrons. The van der Waals surface area contributed by atoms with Crippen LogP contribution >= 0.6 is 22.9 Å². The summed E-state index contributed by atoms with van der Waals surface area (Å²) in [6.07, 6.45) is 1.81. The normalized spacial score (nSPS) is 10.9. The molecule has 6 heteroatoms. The summed E-state index contributed by atoms with van der Waals surface area (Å²) < 4.78 is 4.27. The second kappa shape index (κ2) is 4.67.